The van der Waals surface area contributed by atoms with Gasteiger partial charge in [0.1, 0.15) is 10.8 Å². The Morgan fingerprint density at radius 3 is 2.71 bits per heavy atom. The second-order valence-electron chi connectivity index (χ2n) is 3.34. The van der Waals surface area contributed by atoms with Crippen LogP contribution >= 0.6 is 11.3 Å². The second-order valence-corrected chi connectivity index (χ2v) is 4.36. The van der Waals surface area contributed by atoms with Crippen LogP contribution in [0.4, 0.5) is 9.39 Å². The topological polar surface area (TPSA) is 38.3 Å². The average molecular weight is 251 g/mol. The largest absolute Gasteiger partial charge is 0.443 e. The molecule has 1 heterocycles. The van der Waals surface area contributed by atoms with Gasteiger partial charge in [-0.15, -0.1) is 0 Å². The summed E-state index contributed by atoms with van der Waals surface area (Å²) in [5, 5.41) is 3.08. The minimum Gasteiger partial charge on any atom is -0.443 e. The van der Waals surface area contributed by atoms with Gasteiger partial charge in [0, 0.05) is 13.0 Å². The first-order valence-corrected chi connectivity index (χ1v) is 5.76. The van der Waals surface area contributed by atoms with Crippen molar-refractivity contribution in [2.75, 3.05) is 5.32 Å². The van der Waals surface area contributed by atoms with Crippen molar-refractivity contribution in [2.45, 2.75) is 6.92 Å². The van der Waals surface area contributed by atoms with E-state index < -0.39 is 5.82 Å². The molecule has 1 aromatic carbocycles. The fraction of sp³-hybridized carbons (Fsp3) is 0.0833. The molecule has 3 nitrogen and oxygen atoms in total. The molecule has 0 unspecified atom stereocenters. The normalized spacial score (nSPS) is 10.0. The number of halogens is 1. The summed E-state index contributed by atoms with van der Waals surface area (Å²) < 4.78 is 18.8. The third kappa shape index (κ3) is 3.04. The number of ether oxygens (including phenoxy) is 1. The van der Waals surface area contributed by atoms with Crippen molar-refractivity contribution in [3.63, 3.8) is 0 Å². The Morgan fingerprint density at radius 1 is 1.35 bits per heavy atom. The van der Waals surface area contributed by atoms with E-state index in [0.29, 0.717) is 10.8 Å². The van der Waals surface area contributed by atoms with Gasteiger partial charge in [0.2, 0.25) is 11.0 Å². The first-order valence-electron chi connectivity index (χ1n) is 4.95. The molecule has 17 heavy (non-hydrogen) atoms. The van der Waals surface area contributed by atoms with E-state index in [0.717, 1.165) is 11.3 Å². The highest BCUT2D eigenvalue weighted by atomic mass is 32.1. The molecule has 0 spiro atoms. The molecule has 1 N–H and O–H groups in total. The Hall–Kier alpha value is -1.88. The minimum absolute atomic E-state index is 0.139. The van der Waals surface area contributed by atoms with Crippen molar-refractivity contribution in [3.05, 3.63) is 42.2 Å². The lowest BCUT2D eigenvalue weighted by Crippen LogP contribution is -2.03. The van der Waals surface area contributed by atoms with E-state index in [1.54, 1.807) is 24.3 Å². The predicted molar refractivity (Wildman–Crippen MR) is 65.1 cm³/mol. The zero-order valence-corrected chi connectivity index (χ0v) is 9.88. The molecule has 5 heteroatoms. The Balaban J connectivity index is 2.16. The zero-order chi connectivity index (χ0) is 12.3. The van der Waals surface area contributed by atoms with Crippen LogP contribution in [0.3, 0.4) is 0 Å². The molecule has 1 amide bonds. The molecule has 2 aromatic rings. The predicted octanol–water partition coefficient (Wildman–Crippen LogP) is 3.64. The van der Waals surface area contributed by atoms with Crippen LogP contribution in [0.15, 0.2) is 36.4 Å². The molecule has 0 radical (unpaired) electrons. The molecule has 0 fully saturated rings. The van der Waals surface area contributed by atoms with Crippen molar-refractivity contribution < 1.29 is 13.9 Å². The Morgan fingerprint density at radius 2 is 2.06 bits per heavy atom. The van der Waals surface area contributed by atoms with E-state index in [2.05, 4.69) is 5.32 Å². The lowest BCUT2D eigenvalue weighted by atomic mass is 10.3. The fourth-order valence-corrected chi connectivity index (χ4v) is 2.10. The van der Waals surface area contributed by atoms with Crippen LogP contribution in [0.1, 0.15) is 6.92 Å². The summed E-state index contributed by atoms with van der Waals surface area (Å²) in [4.78, 5) is 10.8. The summed E-state index contributed by atoms with van der Waals surface area (Å²) in [5.41, 5.74) is 0. The lowest BCUT2D eigenvalue weighted by molar-refractivity contribution is -0.114. The summed E-state index contributed by atoms with van der Waals surface area (Å²) in [7, 11) is 0. The van der Waals surface area contributed by atoms with E-state index in [1.165, 1.54) is 13.0 Å². The summed E-state index contributed by atoms with van der Waals surface area (Å²) in [6, 6.07) is 10.2. The smallest absolute Gasteiger partial charge is 0.221 e. The quantitative estimate of drug-likeness (QED) is 0.904. The van der Waals surface area contributed by atoms with Gasteiger partial charge in [-0.1, -0.05) is 29.5 Å². The molecule has 1 aromatic heterocycles. The highest BCUT2D eigenvalue weighted by molar-refractivity contribution is 7.18. The number of carbonyl (C=O) groups is 1. The first-order chi connectivity index (χ1) is 8.15. The molecular formula is C12H10FNO2S. The third-order valence-electron chi connectivity index (χ3n) is 1.91. The number of thiophene rings is 1. The molecule has 0 aliphatic heterocycles. The van der Waals surface area contributed by atoms with Gasteiger partial charge in [-0.3, -0.25) is 4.79 Å². The summed E-state index contributed by atoms with van der Waals surface area (Å²) in [6.45, 7) is 1.37. The van der Waals surface area contributed by atoms with Crippen molar-refractivity contribution in [1.82, 2.24) is 0 Å². The number of rotatable bonds is 3. The van der Waals surface area contributed by atoms with Crippen LogP contribution in [0, 0.1) is 5.82 Å². The molecular weight excluding hydrogens is 241 g/mol. The number of para-hydroxylation sites is 1. The highest BCUT2D eigenvalue weighted by Crippen LogP contribution is 2.35. The molecule has 0 bridgehead atoms. The van der Waals surface area contributed by atoms with Gasteiger partial charge in [-0.05, 0) is 12.1 Å². The van der Waals surface area contributed by atoms with Crippen LogP contribution in [0.2, 0.25) is 0 Å². The SMILES string of the molecule is CC(=O)Nc1cc(F)c(Oc2ccccc2)s1. The molecule has 0 aliphatic carbocycles. The number of nitrogens with one attached hydrogen (secondary N) is 1. The molecule has 0 saturated carbocycles. The van der Waals surface area contributed by atoms with Crippen LogP contribution in [0.25, 0.3) is 0 Å². The van der Waals surface area contributed by atoms with E-state index in [4.69, 9.17) is 4.74 Å². The van der Waals surface area contributed by atoms with Crippen LogP contribution in [-0.4, -0.2) is 5.91 Å². The molecule has 0 aliphatic rings. The zero-order valence-electron chi connectivity index (χ0n) is 9.07. The number of amides is 1. The maximum atomic E-state index is 13.5. The molecule has 0 atom stereocenters. The summed E-state index contributed by atoms with van der Waals surface area (Å²) in [5.74, 6) is -0.164. The number of carbonyl (C=O) groups excluding carboxylic acids is 1. The van der Waals surface area contributed by atoms with Gasteiger partial charge in [0.25, 0.3) is 0 Å². The first kappa shape index (κ1) is 11.6. The maximum absolute atomic E-state index is 13.5. The van der Waals surface area contributed by atoms with Crippen molar-refractivity contribution in [3.8, 4) is 10.8 Å². The standard InChI is InChI=1S/C12H10FNO2S/c1-8(15)14-11-7-10(13)12(17-11)16-9-5-3-2-4-6-9/h2-7H,1H3,(H,14,15). The van der Waals surface area contributed by atoms with Crippen LogP contribution < -0.4 is 10.1 Å². The highest BCUT2D eigenvalue weighted by Gasteiger charge is 2.11. The number of hydrogen-bond donors (Lipinski definition) is 1. The Labute approximate surface area is 102 Å². The Bertz CT molecular complexity index is 525. The van der Waals surface area contributed by atoms with Crippen LogP contribution in [-0.2, 0) is 4.79 Å². The minimum atomic E-state index is -0.484. The number of benzene rings is 1. The van der Waals surface area contributed by atoms with Gasteiger partial charge in [0.15, 0.2) is 5.82 Å². The number of hydrogen-bond acceptors (Lipinski definition) is 3. The fourth-order valence-electron chi connectivity index (χ4n) is 1.25. The van der Waals surface area contributed by atoms with Crippen molar-refractivity contribution in [1.29, 1.82) is 0 Å². The Kier molecular flexibility index (Phi) is 3.39. The van der Waals surface area contributed by atoms with Gasteiger partial charge >= 0.3 is 0 Å². The van der Waals surface area contributed by atoms with Gasteiger partial charge in [-0.25, -0.2) is 4.39 Å². The average Bonchev–Trinajstić information content (AvgIpc) is 2.59. The van der Waals surface area contributed by atoms with Crippen molar-refractivity contribution in [2.24, 2.45) is 0 Å². The van der Waals surface area contributed by atoms with Crippen LogP contribution in [0.5, 0.6) is 10.8 Å². The number of anilines is 1. The van der Waals surface area contributed by atoms with E-state index >= 15 is 0 Å². The third-order valence-corrected chi connectivity index (χ3v) is 2.81. The molecule has 0 saturated heterocycles. The van der Waals surface area contributed by atoms with Crippen molar-refractivity contribution >= 4 is 22.2 Å². The van der Waals surface area contributed by atoms with Gasteiger partial charge in [0.05, 0.1) is 0 Å². The van der Waals surface area contributed by atoms with E-state index in [9.17, 15) is 9.18 Å². The summed E-state index contributed by atoms with van der Waals surface area (Å²) in [6.07, 6.45) is 0. The van der Waals surface area contributed by atoms with E-state index in [-0.39, 0.29) is 11.0 Å². The monoisotopic (exact) mass is 251 g/mol. The van der Waals surface area contributed by atoms with Gasteiger partial charge in [-0.2, -0.15) is 0 Å². The van der Waals surface area contributed by atoms with E-state index in [1.807, 2.05) is 6.07 Å². The molecule has 2 rings (SSSR count). The lowest BCUT2D eigenvalue weighted by Gasteiger charge is -2.01. The van der Waals surface area contributed by atoms with Gasteiger partial charge < -0.3 is 10.1 Å². The molecule has 88 valence electrons. The second kappa shape index (κ2) is 4.97. The maximum Gasteiger partial charge on any atom is 0.221 e. The summed E-state index contributed by atoms with van der Waals surface area (Å²) >= 11 is 1.05.